The van der Waals surface area contributed by atoms with Gasteiger partial charge in [0, 0.05) is 18.6 Å². The molecular weight excluding hydrogens is 214 g/mol. The average molecular weight is 241 g/mol. The summed E-state index contributed by atoms with van der Waals surface area (Å²) >= 11 is 0. The van der Waals surface area contributed by atoms with E-state index >= 15 is 0 Å². The van der Waals surface area contributed by atoms with Gasteiger partial charge in [-0.15, -0.1) is 0 Å². The maximum Gasteiger partial charge on any atom is 0.0608 e. The number of aliphatic hydroxyl groups is 1. The maximum absolute atomic E-state index is 10.2. The van der Waals surface area contributed by atoms with Crippen LogP contribution >= 0.6 is 0 Å². The van der Waals surface area contributed by atoms with Crippen LogP contribution in [0.1, 0.15) is 57.8 Å². The number of hydrogen-bond donors (Lipinski definition) is 2. The molecule has 1 heterocycles. The van der Waals surface area contributed by atoms with Gasteiger partial charge in [0.2, 0.25) is 0 Å². The fourth-order valence-electron chi connectivity index (χ4n) is 3.47. The van der Waals surface area contributed by atoms with Crippen molar-refractivity contribution in [1.29, 1.82) is 0 Å². The molecule has 1 saturated carbocycles. The minimum atomic E-state index is -0.175. The first-order chi connectivity index (χ1) is 8.27. The lowest BCUT2D eigenvalue weighted by molar-refractivity contribution is -0.0157. The third-order valence-electron chi connectivity index (χ3n) is 4.74. The number of rotatable bonds is 5. The normalized spacial score (nSPS) is 38.5. The van der Waals surface area contributed by atoms with E-state index in [1.54, 1.807) is 0 Å². The van der Waals surface area contributed by atoms with Crippen molar-refractivity contribution in [2.75, 3.05) is 13.2 Å². The van der Waals surface area contributed by atoms with Crippen molar-refractivity contribution in [1.82, 2.24) is 0 Å². The van der Waals surface area contributed by atoms with Crippen molar-refractivity contribution in [3.63, 3.8) is 0 Å². The van der Waals surface area contributed by atoms with Crippen molar-refractivity contribution < 1.29 is 9.84 Å². The van der Waals surface area contributed by atoms with Crippen molar-refractivity contribution in [3.8, 4) is 0 Å². The summed E-state index contributed by atoms with van der Waals surface area (Å²) in [5, 5.41) is 10.2. The third kappa shape index (κ3) is 3.21. The van der Waals surface area contributed by atoms with Crippen molar-refractivity contribution in [2.45, 2.75) is 70.0 Å². The first kappa shape index (κ1) is 13.3. The predicted octanol–water partition coefficient (Wildman–Crippen LogP) is 2.22. The van der Waals surface area contributed by atoms with Crippen LogP contribution in [0.2, 0.25) is 0 Å². The lowest BCUT2D eigenvalue weighted by Gasteiger charge is -2.41. The summed E-state index contributed by atoms with van der Waals surface area (Å²) in [5.41, 5.74) is 5.94. The topological polar surface area (TPSA) is 55.5 Å². The molecule has 0 amide bonds. The molecule has 2 fully saturated rings. The third-order valence-corrected chi connectivity index (χ3v) is 4.74. The molecular formula is C14H27NO2. The second-order valence-electron chi connectivity index (χ2n) is 5.86. The second kappa shape index (κ2) is 6.17. The zero-order valence-corrected chi connectivity index (χ0v) is 10.9. The Balaban J connectivity index is 1.77. The summed E-state index contributed by atoms with van der Waals surface area (Å²) in [5.74, 6) is 0. The van der Waals surface area contributed by atoms with Crippen LogP contribution in [0, 0.1) is 5.41 Å². The smallest absolute Gasteiger partial charge is 0.0608 e. The van der Waals surface area contributed by atoms with Gasteiger partial charge in [-0.05, 0) is 38.5 Å². The van der Waals surface area contributed by atoms with Gasteiger partial charge in [-0.1, -0.05) is 19.3 Å². The highest BCUT2D eigenvalue weighted by Crippen LogP contribution is 2.40. The van der Waals surface area contributed by atoms with Crippen LogP contribution in [-0.2, 0) is 4.74 Å². The van der Waals surface area contributed by atoms with Gasteiger partial charge in [0.1, 0.15) is 0 Å². The average Bonchev–Trinajstić information content (AvgIpc) is 2.85. The Morgan fingerprint density at radius 2 is 2.12 bits per heavy atom. The van der Waals surface area contributed by atoms with Crippen LogP contribution < -0.4 is 5.73 Å². The van der Waals surface area contributed by atoms with Crippen molar-refractivity contribution in [3.05, 3.63) is 0 Å². The lowest BCUT2D eigenvalue weighted by atomic mass is 9.69. The predicted molar refractivity (Wildman–Crippen MR) is 68.8 cm³/mol. The van der Waals surface area contributed by atoms with E-state index in [-0.39, 0.29) is 11.5 Å². The standard InChI is InChI=1S/C14H27NO2/c15-11-14(8-2-1-7-13(14)16)9-3-5-12-6-4-10-17-12/h12-13,16H,1-11,15H2. The van der Waals surface area contributed by atoms with E-state index in [1.165, 1.54) is 19.3 Å². The zero-order chi connectivity index (χ0) is 12.1. The van der Waals surface area contributed by atoms with Crippen molar-refractivity contribution in [2.24, 2.45) is 11.1 Å². The van der Waals surface area contributed by atoms with Crippen LogP contribution in [0.25, 0.3) is 0 Å². The number of hydrogen-bond acceptors (Lipinski definition) is 3. The number of aliphatic hydroxyl groups excluding tert-OH is 1. The minimum Gasteiger partial charge on any atom is -0.393 e. The Morgan fingerprint density at radius 3 is 2.76 bits per heavy atom. The summed E-state index contributed by atoms with van der Waals surface area (Å²) in [6.07, 6.45) is 10.6. The van der Waals surface area contributed by atoms with Gasteiger partial charge in [0.25, 0.3) is 0 Å². The highest BCUT2D eigenvalue weighted by atomic mass is 16.5. The summed E-state index contributed by atoms with van der Waals surface area (Å²) in [6.45, 7) is 1.58. The molecule has 0 aromatic carbocycles. The van der Waals surface area contributed by atoms with E-state index in [0.29, 0.717) is 12.6 Å². The molecule has 0 spiro atoms. The molecule has 3 atom stereocenters. The van der Waals surface area contributed by atoms with Gasteiger partial charge in [-0.3, -0.25) is 0 Å². The van der Waals surface area contributed by atoms with Crippen LogP contribution in [-0.4, -0.2) is 30.5 Å². The van der Waals surface area contributed by atoms with E-state index in [9.17, 15) is 5.11 Å². The van der Waals surface area contributed by atoms with Gasteiger partial charge in [0.15, 0.2) is 0 Å². The Labute approximate surface area is 105 Å². The summed E-state index contributed by atoms with van der Waals surface area (Å²) in [4.78, 5) is 0. The molecule has 3 heteroatoms. The molecule has 3 N–H and O–H groups in total. The Morgan fingerprint density at radius 1 is 1.24 bits per heavy atom. The Hall–Kier alpha value is -0.120. The molecule has 3 nitrogen and oxygen atoms in total. The number of ether oxygens (including phenoxy) is 1. The van der Waals surface area contributed by atoms with E-state index in [2.05, 4.69) is 0 Å². The molecule has 3 unspecified atom stereocenters. The van der Waals surface area contributed by atoms with Crippen LogP contribution in [0.3, 0.4) is 0 Å². The Bertz CT molecular complexity index is 228. The minimum absolute atomic E-state index is 0.0108. The molecule has 1 aliphatic heterocycles. The van der Waals surface area contributed by atoms with E-state index in [1.807, 2.05) is 0 Å². The van der Waals surface area contributed by atoms with Crippen LogP contribution in [0.5, 0.6) is 0 Å². The first-order valence-electron chi connectivity index (χ1n) is 7.26. The summed E-state index contributed by atoms with van der Waals surface area (Å²) in [7, 11) is 0. The molecule has 17 heavy (non-hydrogen) atoms. The van der Waals surface area contributed by atoms with Gasteiger partial charge >= 0.3 is 0 Å². The highest BCUT2D eigenvalue weighted by molar-refractivity contribution is 4.90. The molecule has 1 saturated heterocycles. The largest absolute Gasteiger partial charge is 0.393 e. The monoisotopic (exact) mass is 241 g/mol. The van der Waals surface area contributed by atoms with E-state index < -0.39 is 0 Å². The van der Waals surface area contributed by atoms with Crippen LogP contribution in [0.15, 0.2) is 0 Å². The quantitative estimate of drug-likeness (QED) is 0.776. The molecule has 2 aliphatic rings. The number of nitrogens with two attached hydrogens (primary N) is 1. The maximum atomic E-state index is 10.2. The van der Waals surface area contributed by atoms with Gasteiger partial charge < -0.3 is 15.6 Å². The molecule has 0 radical (unpaired) electrons. The fraction of sp³-hybridized carbons (Fsp3) is 1.00. The second-order valence-corrected chi connectivity index (χ2v) is 5.86. The summed E-state index contributed by atoms with van der Waals surface area (Å²) in [6, 6.07) is 0. The first-order valence-corrected chi connectivity index (χ1v) is 7.26. The lowest BCUT2D eigenvalue weighted by Crippen LogP contribution is -2.44. The molecule has 100 valence electrons. The molecule has 0 bridgehead atoms. The Kier molecular flexibility index (Phi) is 4.83. The van der Waals surface area contributed by atoms with E-state index in [4.69, 9.17) is 10.5 Å². The van der Waals surface area contributed by atoms with E-state index in [0.717, 1.165) is 45.1 Å². The van der Waals surface area contributed by atoms with Gasteiger partial charge in [0.05, 0.1) is 12.2 Å². The van der Waals surface area contributed by atoms with Crippen LogP contribution in [0.4, 0.5) is 0 Å². The molecule has 0 aromatic heterocycles. The molecule has 1 aliphatic carbocycles. The molecule has 0 aromatic rings. The van der Waals surface area contributed by atoms with Crippen molar-refractivity contribution >= 4 is 0 Å². The highest BCUT2D eigenvalue weighted by Gasteiger charge is 2.38. The zero-order valence-electron chi connectivity index (χ0n) is 10.9. The fourth-order valence-corrected chi connectivity index (χ4v) is 3.47. The van der Waals surface area contributed by atoms with Gasteiger partial charge in [-0.2, -0.15) is 0 Å². The SMILES string of the molecule is NCC1(CCCC2CCCO2)CCCCC1O. The molecule has 2 rings (SSSR count). The summed E-state index contributed by atoms with van der Waals surface area (Å²) < 4.78 is 5.64. The van der Waals surface area contributed by atoms with Gasteiger partial charge in [-0.25, -0.2) is 0 Å².